The van der Waals surface area contributed by atoms with E-state index in [4.69, 9.17) is 10.2 Å². The molecule has 0 aliphatic carbocycles. The number of benzene rings is 1. The molecule has 11 heteroatoms. The van der Waals surface area contributed by atoms with E-state index in [1.54, 1.807) is 19.1 Å². The standard InChI is InChI=1S/C17H15F3N6O2/c1-9-2-3-10(14(21)27)4-13(9)25-16-23-6-12(17(18,19)20)15(26-16)22-5-11-7-28-8-24-11/h2-4,6-8H,5H2,1H3,(H2,21,27)(H2,22,23,25,26). The van der Waals surface area contributed by atoms with Crippen LogP contribution in [0.5, 0.6) is 0 Å². The molecule has 4 N–H and O–H groups in total. The second-order valence-corrected chi connectivity index (χ2v) is 5.81. The summed E-state index contributed by atoms with van der Waals surface area (Å²) >= 11 is 0. The van der Waals surface area contributed by atoms with Crippen molar-refractivity contribution in [3.8, 4) is 0 Å². The number of alkyl halides is 3. The minimum absolute atomic E-state index is 0.0216. The fourth-order valence-electron chi connectivity index (χ4n) is 2.31. The largest absolute Gasteiger partial charge is 0.451 e. The van der Waals surface area contributed by atoms with Crippen LogP contribution in [0, 0.1) is 6.92 Å². The number of hydrogen-bond donors (Lipinski definition) is 3. The lowest BCUT2D eigenvalue weighted by atomic mass is 10.1. The van der Waals surface area contributed by atoms with Gasteiger partial charge in [-0.05, 0) is 24.6 Å². The number of aryl methyl sites for hydroxylation is 1. The molecule has 28 heavy (non-hydrogen) atoms. The molecule has 0 radical (unpaired) electrons. The number of nitrogens with two attached hydrogens (primary N) is 1. The van der Waals surface area contributed by atoms with E-state index in [1.165, 1.54) is 18.7 Å². The smallest absolute Gasteiger partial charge is 0.421 e. The molecule has 146 valence electrons. The number of aromatic nitrogens is 3. The van der Waals surface area contributed by atoms with E-state index >= 15 is 0 Å². The van der Waals surface area contributed by atoms with Gasteiger partial charge in [-0.1, -0.05) is 6.07 Å². The molecule has 3 rings (SSSR count). The Labute approximate surface area is 157 Å². The molecule has 0 spiro atoms. The molecule has 1 aromatic carbocycles. The summed E-state index contributed by atoms with van der Waals surface area (Å²) in [5.41, 5.74) is 6.05. The zero-order valence-electron chi connectivity index (χ0n) is 14.5. The van der Waals surface area contributed by atoms with Crippen LogP contribution < -0.4 is 16.4 Å². The van der Waals surface area contributed by atoms with Gasteiger partial charge in [0.1, 0.15) is 17.6 Å². The van der Waals surface area contributed by atoms with Gasteiger partial charge < -0.3 is 20.8 Å². The van der Waals surface area contributed by atoms with Crippen LogP contribution in [-0.4, -0.2) is 20.9 Å². The van der Waals surface area contributed by atoms with Gasteiger partial charge in [-0.2, -0.15) is 18.2 Å². The summed E-state index contributed by atoms with van der Waals surface area (Å²) in [5, 5.41) is 5.39. The number of primary amides is 1. The molecule has 8 nitrogen and oxygen atoms in total. The topological polar surface area (TPSA) is 119 Å². The highest BCUT2D eigenvalue weighted by Crippen LogP contribution is 2.34. The molecule has 3 aromatic rings. The quantitative estimate of drug-likeness (QED) is 0.589. The Morgan fingerprint density at radius 2 is 2.07 bits per heavy atom. The fourth-order valence-corrected chi connectivity index (χ4v) is 2.31. The van der Waals surface area contributed by atoms with Crippen LogP contribution in [-0.2, 0) is 12.7 Å². The van der Waals surface area contributed by atoms with Gasteiger partial charge in [0.15, 0.2) is 6.39 Å². The number of amides is 1. The zero-order chi connectivity index (χ0) is 20.3. The Kier molecular flexibility index (Phi) is 5.16. The van der Waals surface area contributed by atoms with Crippen molar-refractivity contribution in [2.24, 2.45) is 5.73 Å². The Morgan fingerprint density at radius 1 is 1.29 bits per heavy atom. The second-order valence-electron chi connectivity index (χ2n) is 5.81. The molecule has 0 unspecified atom stereocenters. The highest BCUT2D eigenvalue weighted by atomic mass is 19.4. The molecule has 1 amide bonds. The SMILES string of the molecule is Cc1ccc(C(N)=O)cc1Nc1ncc(C(F)(F)F)c(NCc2cocn2)n1. The van der Waals surface area contributed by atoms with Crippen molar-refractivity contribution in [2.75, 3.05) is 10.6 Å². The molecule has 0 atom stereocenters. The Hall–Kier alpha value is -3.63. The molecule has 0 saturated carbocycles. The van der Waals surface area contributed by atoms with Crippen molar-refractivity contribution in [2.45, 2.75) is 19.6 Å². The minimum Gasteiger partial charge on any atom is -0.451 e. The first-order valence-corrected chi connectivity index (χ1v) is 7.96. The molecular formula is C17H15F3N6O2. The van der Waals surface area contributed by atoms with Crippen LogP contribution in [0.15, 0.2) is 41.5 Å². The van der Waals surface area contributed by atoms with E-state index in [0.29, 0.717) is 17.6 Å². The molecule has 0 fully saturated rings. The number of rotatable bonds is 6. The van der Waals surface area contributed by atoms with E-state index in [0.717, 1.165) is 5.56 Å². The third-order valence-corrected chi connectivity index (χ3v) is 3.78. The maximum Gasteiger partial charge on any atom is 0.421 e. The summed E-state index contributed by atoms with van der Waals surface area (Å²) in [7, 11) is 0. The summed E-state index contributed by atoms with van der Waals surface area (Å²) in [6, 6.07) is 4.67. The highest BCUT2D eigenvalue weighted by Gasteiger charge is 2.35. The van der Waals surface area contributed by atoms with Gasteiger partial charge in [-0.15, -0.1) is 0 Å². The lowest BCUT2D eigenvalue weighted by Gasteiger charge is -2.15. The van der Waals surface area contributed by atoms with Crippen LogP contribution in [0.4, 0.5) is 30.6 Å². The molecule has 0 aliphatic rings. The average Bonchev–Trinajstić information content (AvgIpc) is 3.14. The van der Waals surface area contributed by atoms with Crippen LogP contribution in [0.3, 0.4) is 0 Å². The van der Waals surface area contributed by atoms with Crippen LogP contribution in [0.1, 0.15) is 27.2 Å². The van der Waals surface area contributed by atoms with Crippen molar-refractivity contribution < 1.29 is 22.4 Å². The summed E-state index contributed by atoms with van der Waals surface area (Å²) in [5.74, 6) is -1.14. The predicted octanol–water partition coefficient (Wildman–Crippen LogP) is 3.25. The second kappa shape index (κ2) is 7.55. The van der Waals surface area contributed by atoms with Gasteiger partial charge in [0.05, 0.1) is 12.2 Å². The van der Waals surface area contributed by atoms with Gasteiger partial charge in [0.25, 0.3) is 0 Å². The van der Waals surface area contributed by atoms with Crippen LogP contribution >= 0.6 is 0 Å². The summed E-state index contributed by atoms with van der Waals surface area (Å²) in [4.78, 5) is 22.8. The summed E-state index contributed by atoms with van der Waals surface area (Å²) in [6.07, 6.45) is -1.50. The van der Waals surface area contributed by atoms with Gasteiger partial charge in [-0.3, -0.25) is 4.79 Å². The monoisotopic (exact) mass is 392 g/mol. The van der Waals surface area contributed by atoms with Crippen molar-refractivity contribution in [1.82, 2.24) is 15.0 Å². The normalized spacial score (nSPS) is 11.3. The number of anilines is 3. The van der Waals surface area contributed by atoms with Crippen molar-refractivity contribution in [1.29, 1.82) is 0 Å². The molecule has 0 bridgehead atoms. The average molecular weight is 392 g/mol. The molecule has 0 saturated heterocycles. The number of carbonyl (C=O) groups is 1. The van der Waals surface area contributed by atoms with E-state index in [9.17, 15) is 18.0 Å². The van der Waals surface area contributed by atoms with Gasteiger partial charge in [0, 0.05) is 17.4 Å². The van der Waals surface area contributed by atoms with Gasteiger partial charge in [-0.25, -0.2) is 9.97 Å². The van der Waals surface area contributed by atoms with E-state index in [2.05, 4.69) is 25.6 Å². The van der Waals surface area contributed by atoms with Crippen LogP contribution in [0.2, 0.25) is 0 Å². The molecular weight excluding hydrogens is 377 g/mol. The number of hydrogen-bond acceptors (Lipinski definition) is 7. The minimum atomic E-state index is -4.65. The van der Waals surface area contributed by atoms with Gasteiger partial charge in [0.2, 0.25) is 11.9 Å². The maximum atomic E-state index is 13.3. The third-order valence-electron chi connectivity index (χ3n) is 3.78. The van der Waals surface area contributed by atoms with Crippen molar-refractivity contribution in [3.05, 3.63) is 59.4 Å². The molecule has 2 heterocycles. The lowest BCUT2D eigenvalue weighted by Crippen LogP contribution is -2.15. The third kappa shape index (κ3) is 4.37. The van der Waals surface area contributed by atoms with E-state index in [-0.39, 0.29) is 18.1 Å². The number of halogens is 3. The highest BCUT2D eigenvalue weighted by molar-refractivity contribution is 5.94. The number of carbonyl (C=O) groups excluding carboxylic acids is 1. The maximum absolute atomic E-state index is 13.3. The van der Waals surface area contributed by atoms with Gasteiger partial charge >= 0.3 is 6.18 Å². The number of nitrogens with zero attached hydrogens (tertiary/aromatic N) is 3. The van der Waals surface area contributed by atoms with E-state index in [1.807, 2.05) is 0 Å². The van der Waals surface area contributed by atoms with Crippen LogP contribution in [0.25, 0.3) is 0 Å². The van der Waals surface area contributed by atoms with Crippen molar-refractivity contribution >= 4 is 23.4 Å². The Balaban J connectivity index is 1.91. The summed E-state index contributed by atoms with van der Waals surface area (Å²) < 4.78 is 44.5. The fraction of sp³-hybridized carbons (Fsp3) is 0.176. The molecule has 0 aliphatic heterocycles. The first-order chi connectivity index (χ1) is 13.2. The first-order valence-electron chi connectivity index (χ1n) is 7.96. The first kappa shape index (κ1) is 19.1. The van der Waals surface area contributed by atoms with Crippen molar-refractivity contribution in [3.63, 3.8) is 0 Å². The number of oxazole rings is 1. The Bertz CT molecular complexity index is 989. The van der Waals surface area contributed by atoms with E-state index < -0.39 is 23.5 Å². The zero-order valence-corrected chi connectivity index (χ0v) is 14.5. The number of nitrogens with one attached hydrogen (secondary N) is 2. The summed E-state index contributed by atoms with van der Waals surface area (Å²) in [6.45, 7) is 1.73. The predicted molar refractivity (Wildman–Crippen MR) is 93.8 cm³/mol. The lowest BCUT2D eigenvalue weighted by molar-refractivity contribution is -0.137. The Morgan fingerprint density at radius 3 is 2.71 bits per heavy atom. The molecule has 2 aromatic heterocycles.